The van der Waals surface area contributed by atoms with E-state index in [1.54, 1.807) is 45.9 Å². The summed E-state index contributed by atoms with van der Waals surface area (Å²) in [5, 5.41) is 5.46. The molecular formula is C31H42BrN3O9S. The third kappa shape index (κ3) is 7.38. The van der Waals surface area contributed by atoms with Crippen molar-refractivity contribution in [3.63, 3.8) is 0 Å². The fourth-order valence-corrected chi connectivity index (χ4v) is 7.43. The molecule has 3 fully saturated rings. The number of carbonyl (C=O) groups excluding carboxylic acids is 4. The van der Waals surface area contributed by atoms with E-state index in [-0.39, 0.29) is 30.4 Å². The molecule has 1 aromatic rings. The van der Waals surface area contributed by atoms with Crippen LogP contribution >= 0.6 is 15.9 Å². The summed E-state index contributed by atoms with van der Waals surface area (Å²) in [6.45, 7) is 10.6. The fraction of sp³-hybridized carbons (Fsp3) is 0.613. The first-order chi connectivity index (χ1) is 21.0. The number of hydrogen-bond donors (Lipinski definition) is 2. The van der Waals surface area contributed by atoms with Crippen molar-refractivity contribution in [3.8, 4) is 0 Å². The second-order valence-corrected chi connectivity index (χ2v) is 15.8. The van der Waals surface area contributed by atoms with E-state index in [1.807, 2.05) is 0 Å². The Bertz CT molecular complexity index is 1440. The first-order valence-electron chi connectivity index (χ1n) is 15.0. The minimum Gasteiger partial charge on any atom is -0.467 e. The van der Waals surface area contributed by atoms with Gasteiger partial charge in [-0.25, -0.2) is 9.59 Å². The van der Waals surface area contributed by atoms with Gasteiger partial charge in [0.25, 0.3) is 10.1 Å². The normalized spacial score (nSPS) is 27.4. The molecule has 3 amide bonds. The lowest BCUT2D eigenvalue weighted by Crippen LogP contribution is -2.59. The molecule has 3 aliphatic rings. The second kappa shape index (κ2) is 13.0. The van der Waals surface area contributed by atoms with Crippen molar-refractivity contribution in [1.82, 2.24) is 15.5 Å². The molecule has 2 N–H and O–H groups in total. The van der Waals surface area contributed by atoms with E-state index in [9.17, 15) is 27.6 Å². The predicted molar refractivity (Wildman–Crippen MR) is 167 cm³/mol. The lowest BCUT2D eigenvalue weighted by Gasteiger charge is -2.35. The molecule has 1 aliphatic heterocycles. The fourth-order valence-electron chi connectivity index (χ4n) is 6.08. The van der Waals surface area contributed by atoms with Crippen molar-refractivity contribution >= 4 is 49.9 Å². The first kappa shape index (κ1) is 34.9. The topological polar surface area (TPSA) is 157 Å². The van der Waals surface area contributed by atoms with Gasteiger partial charge in [0.05, 0.1) is 18.1 Å². The van der Waals surface area contributed by atoms with Crippen LogP contribution < -0.4 is 10.6 Å². The van der Waals surface area contributed by atoms with Crippen LogP contribution in [-0.2, 0) is 38.2 Å². The van der Waals surface area contributed by atoms with Gasteiger partial charge in [0, 0.05) is 22.9 Å². The number of hydrogen-bond acceptors (Lipinski definition) is 9. The predicted octanol–water partition coefficient (Wildman–Crippen LogP) is 3.83. The molecule has 45 heavy (non-hydrogen) atoms. The Morgan fingerprint density at radius 3 is 2.27 bits per heavy atom. The number of methoxy groups -OCH3 is 1. The maximum absolute atomic E-state index is 14.2. The molecule has 0 radical (unpaired) electrons. The van der Waals surface area contributed by atoms with Crippen molar-refractivity contribution in [2.75, 3.05) is 13.7 Å². The number of rotatable bonds is 10. The Hall–Kier alpha value is -2.97. The quantitative estimate of drug-likeness (QED) is 0.209. The van der Waals surface area contributed by atoms with Crippen LogP contribution in [0.3, 0.4) is 0 Å². The Labute approximate surface area is 272 Å². The van der Waals surface area contributed by atoms with Crippen LogP contribution in [0.15, 0.2) is 46.3 Å². The molecule has 0 bridgehead atoms. The number of ether oxygens (including phenoxy) is 2. The Morgan fingerprint density at radius 1 is 1.11 bits per heavy atom. The summed E-state index contributed by atoms with van der Waals surface area (Å²) in [7, 11) is -3.06. The van der Waals surface area contributed by atoms with Gasteiger partial charge < -0.3 is 25.0 Å². The number of alkyl carbamates (subject to hydrolysis) is 1. The minimum absolute atomic E-state index is 0.0928. The maximum Gasteiger partial charge on any atom is 0.408 e. The van der Waals surface area contributed by atoms with Gasteiger partial charge in [-0.05, 0) is 61.8 Å². The smallest absolute Gasteiger partial charge is 0.408 e. The van der Waals surface area contributed by atoms with Crippen LogP contribution in [0.5, 0.6) is 0 Å². The molecule has 0 aromatic heterocycles. The standard InChI is InChI=1S/C31H42BrN3O9S/c1-7-30(5)18-31(30,27(38)42-6)34-25(36)23-16-21(44-45(40,41)22-14-12-19(32)13-15-22)17-35(23)26(37)24(29(2,3)4)33-28(39)43-20-10-8-9-11-20/h7,12-15,20-21,23-24H,1,8-11,16-18H2,2-6H3,(H,33,39)(H,34,36)/t21-,23-,24+,30+,31-/m0/s1. The number of halogens is 1. The lowest BCUT2D eigenvalue weighted by atomic mass is 9.85. The van der Waals surface area contributed by atoms with Crippen molar-refractivity contribution in [2.45, 2.75) is 101 Å². The number of benzene rings is 1. The summed E-state index contributed by atoms with van der Waals surface area (Å²) in [5.41, 5.74) is -3.01. The second-order valence-electron chi connectivity index (χ2n) is 13.3. The molecule has 5 atom stereocenters. The number of esters is 1. The van der Waals surface area contributed by atoms with Crippen LogP contribution in [-0.4, -0.2) is 80.7 Å². The summed E-state index contributed by atoms with van der Waals surface area (Å²) >= 11 is 3.27. The van der Waals surface area contributed by atoms with Gasteiger partial charge in [-0.15, -0.1) is 6.58 Å². The SMILES string of the molecule is C=C[C@]1(C)C[C@]1(NC(=O)[C@@H]1C[C@H](OS(=O)(=O)c2ccc(Br)cc2)CN1C(=O)[C@@H](NC(=O)OC1CCCC1)C(C)(C)C)C(=O)OC. The monoisotopic (exact) mass is 711 g/mol. The van der Waals surface area contributed by atoms with E-state index in [4.69, 9.17) is 13.7 Å². The molecule has 248 valence electrons. The highest BCUT2D eigenvalue weighted by Crippen LogP contribution is 2.57. The number of nitrogens with zero attached hydrogens (tertiary/aromatic N) is 1. The van der Waals surface area contributed by atoms with Crippen LogP contribution in [0.25, 0.3) is 0 Å². The lowest BCUT2D eigenvalue weighted by molar-refractivity contribution is -0.149. The molecule has 2 aliphatic carbocycles. The first-order valence-corrected chi connectivity index (χ1v) is 17.2. The van der Waals surface area contributed by atoms with Gasteiger partial charge in [0.2, 0.25) is 11.8 Å². The van der Waals surface area contributed by atoms with Crippen LogP contribution in [0.1, 0.15) is 66.2 Å². The molecule has 4 rings (SSSR count). The van der Waals surface area contributed by atoms with Gasteiger partial charge in [0.1, 0.15) is 23.7 Å². The van der Waals surface area contributed by atoms with Crippen molar-refractivity contribution in [2.24, 2.45) is 10.8 Å². The van der Waals surface area contributed by atoms with Crippen LogP contribution in [0.4, 0.5) is 4.79 Å². The number of nitrogens with one attached hydrogen (secondary N) is 2. The molecule has 12 nitrogen and oxygen atoms in total. The number of amides is 3. The maximum atomic E-state index is 14.2. The summed E-state index contributed by atoms with van der Waals surface area (Å²) in [6.07, 6.45) is 2.93. The third-order valence-electron chi connectivity index (χ3n) is 8.97. The molecule has 2 saturated carbocycles. The Kier molecular flexibility index (Phi) is 10.1. The molecule has 1 saturated heterocycles. The van der Waals surface area contributed by atoms with Gasteiger partial charge in [0.15, 0.2) is 0 Å². The molecule has 0 unspecified atom stereocenters. The largest absolute Gasteiger partial charge is 0.467 e. The zero-order chi connectivity index (χ0) is 33.4. The van der Waals surface area contributed by atoms with Crippen molar-refractivity contribution in [3.05, 3.63) is 41.4 Å². The van der Waals surface area contributed by atoms with Gasteiger partial charge >= 0.3 is 12.1 Å². The summed E-state index contributed by atoms with van der Waals surface area (Å²) in [5.74, 6) is -1.97. The van der Waals surface area contributed by atoms with Crippen LogP contribution in [0.2, 0.25) is 0 Å². The highest BCUT2D eigenvalue weighted by atomic mass is 79.9. The number of carbonyl (C=O) groups is 4. The number of likely N-dealkylation sites (tertiary alicyclic amines) is 1. The molecular weight excluding hydrogens is 670 g/mol. The van der Waals surface area contributed by atoms with E-state index in [0.29, 0.717) is 4.47 Å². The molecule has 1 heterocycles. The highest BCUT2D eigenvalue weighted by Gasteiger charge is 2.70. The zero-order valence-corrected chi connectivity index (χ0v) is 28.7. The van der Waals surface area contributed by atoms with Gasteiger partial charge in [-0.2, -0.15) is 8.42 Å². The van der Waals surface area contributed by atoms with E-state index >= 15 is 0 Å². The van der Waals surface area contributed by atoms with Crippen LogP contribution in [0, 0.1) is 10.8 Å². The third-order valence-corrected chi connectivity index (χ3v) is 10.9. The van der Waals surface area contributed by atoms with Crippen molar-refractivity contribution in [1.29, 1.82) is 0 Å². The molecule has 1 aromatic carbocycles. The summed E-state index contributed by atoms with van der Waals surface area (Å²) < 4.78 is 43.1. The average Bonchev–Trinajstić information content (AvgIpc) is 3.31. The van der Waals surface area contributed by atoms with Gasteiger partial charge in [-0.3, -0.25) is 13.8 Å². The van der Waals surface area contributed by atoms with Crippen molar-refractivity contribution < 1.29 is 41.3 Å². The summed E-state index contributed by atoms with van der Waals surface area (Å²) in [6, 6.07) is 3.51. The molecule has 14 heteroatoms. The zero-order valence-electron chi connectivity index (χ0n) is 26.3. The van der Waals surface area contributed by atoms with E-state index in [0.717, 1.165) is 25.7 Å². The Morgan fingerprint density at radius 2 is 1.73 bits per heavy atom. The highest BCUT2D eigenvalue weighted by molar-refractivity contribution is 9.10. The molecule has 0 spiro atoms. The van der Waals surface area contributed by atoms with E-state index in [1.165, 1.54) is 24.1 Å². The van der Waals surface area contributed by atoms with Gasteiger partial charge in [-0.1, -0.05) is 49.7 Å². The average molecular weight is 713 g/mol. The van der Waals surface area contributed by atoms with E-state index in [2.05, 4.69) is 33.1 Å². The van der Waals surface area contributed by atoms with E-state index < -0.39 is 68.6 Å². The summed E-state index contributed by atoms with van der Waals surface area (Å²) in [4.78, 5) is 55.0. The Balaban J connectivity index is 1.62. The minimum atomic E-state index is -4.27.